The molecule has 14 heavy (non-hydrogen) atoms. The first-order valence-electron chi connectivity index (χ1n) is 4.64. The maximum absolute atomic E-state index is 11.4. The minimum Gasteiger partial charge on any atom is -0.481 e. The van der Waals surface area contributed by atoms with Crippen LogP contribution < -0.4 is 0 Å². The van der Waals surface area contributed by atoms with Gasteiger partial charge in [0.2, 0.25) is 0 Å². The third-order valence-electron chi connectivity index (χ3n) is 3.22. The van der Waals surface area contributed by atoms with Gasteiger partial charge in [-0.25, -0.2) is 0 Å². The van der Waals surface area contributed by atoms with Crippen LogP contribution >= 0.6 is 0 Å². The van der Waals surface area contributed by atoms with E-state index in [1.54, 1.807) is 0 Å². The van der Waals surface area contributed by atoms with Gasteiger partial charge >= 0.3 is 11.9 Å². The Morgan fingerprint density at radius 2 is 1.86 bits per heavy atom. The number of allylic oxidation sites excluding steroid dienone is 2. The highest BCUT2D eigenvalue weighted by molar-refractivity contribution is 5.83. The van der Waals surface area contributed by atoms with Crippen LogP contribution in [-0.2, 0) is 14.3 Å². The Morgan fingerprint density at radius 3 is 2.36 bits per heavy atom. The Bertz CT molecular complexity index is 307. The molecule has 2 aliphatic carbocycles. The highest BCUT2D eigenvalue weighted by Crippen LogP contribution is 2.48. The van der Waals surface area contributed by atoms with Gasteiger partial charge < -0.3 is 9.84 Å². The lowest BCUT2D eigenvalue weighted by molar-refractivity contribution is -0.156. The largest absolute Gasteiger partial charge is 0.481 e. The summed E-state index contributed by atoms with van der Waals surface area (Å²) in [5.74, 6) is -2.27. The Hall–Kier alpha value is -1.32. The molecule has 0 radical (unpaired) electrons. The van der Waals surface area contributed by atoms with Gasteiger partial charge in [0, 0.05) is 0 Å². The maximum atomic E-state index is 11.4. The summed E-state index contributed by atoms with van der Waals surface area (Å²) in [6, 6.07) is 0. The monoisotopic (exact) mass is 196 g/mol. The van der Waals surface area contributed by atoms with E-state index in [2.05, 4.69) is 4.74 Å². The fourth-order valence-corrected chi connectivity index (χ4v) is 2.62. The van der Waals surface area contributed by atoms with E-state index >= 15 is 0 Å². The lowest BCUT2D eigenvalue weighted by Crippen LogP contribution is -2.33. The second-order valence-electron chi connectivity index (χ2n) is 3.86. The molecule has 1 fully saturated rings. The van der Waals surface area contributed by atoms with E-state index in [-0.39, 0.29) is 11.8 Å². The quantitative estimate of drug-likeness (QED) is 0.521. The lowest BCUT2D eigenvalue weighted by atomic mass is 9.83. The van der Waals surface area contributed by atoms with Crippen LogP contribution in [0.1, 0.15) is 6.42 Å². The first-order chi connectivity index (χ1) is 6.65. The van der Waals surface area contributed by atoms with E-state index in [0.717, 1.165) is 6.42 Å². The van der Waals surface area contributed by atoms with Gasteiger partial charge in [0.05, 0.1) is 18.9 Å². The molecular weight excluding hydrogens is 184 g/mol. The smallest absolute Gasteiger partial charge is 0.310 e. The summed E-state index contributed by atoms with van der Waals surface area (Å²) in [4.78, 5) is 22.4. The van der Waals surface area contributed by atoms with Gasteiger partial charge in [0.15, 0.2) is 0 Å². The molecule has 0 aromatic carbocycles. The molecule has 0 spiro atoms. The molecule has 0 amide bonds. The van der Waals surface area contributed by atoms with Gasteiger partial charge in [0.1, 0.15) is 0 Å². The summed E-state index contributed by atoms with van der Waals surface area (Å²) < 4.78 is 4.63. The number of hydrogen-bond donors (Lipinski definition) is 1. The van der Waals surface area contributed by atoms with E-state index in [1.165, 1.54) is 7.11 Å². The maximum Gasteiger partial charge on any atom is 0.310 e. The normalized spacial score (nSPS) is 38.6. The van der Waals surface area contributed by atoms with E-state index in [0.29, 0.717) is 0 Å². The zero-order valence-electron chi connectivity index (χ0n) is 7.84. The van der Waals surface area contributed by atoms with Crippen molar-refractivity contribution in [1.82, 2.24) is 0 Å². The molecule has 0 heterocycles. The van der Waals surface area contributed by atoms with Crippen molar-refractivity contribution in [2.24, 2.45) is 23.7 Å². The van der Waals surface area contributed by atoms with Crippen molar-refractivity contribution >= 4 is 11.9 Å². The summed E-state index contributed by atoms with van der Waals surface area (Å²) in [6.07, 6.45) is 4.62. The average molecular weight is 196 g/mol. The number of hydrogen-bond acceptors (Lipinski definition) is 3. The molecule has 1 saturated carbocycles. The molecule has 0 unspecified atom stereocenters. The van der Waals surface area contributed by atoms with Gasteiger partial charge in [-0.15, -0.1) is 0 Å². The molecule has 4 atom stereocenters. The van der Waals surface area contributed by atoms with E-state index in [1.807, 2.05) is 12.2 Å². The number of carbonyl (C=O) groups is 2. The van der Waals surface area contributed by atoms with Gasteiger partial charge in [-0.1, -0.05) is 12.2 Å². The molecule has 2 bridgehead atoms. The van der Waals surface area contributed by atoms with Crippen LogP contribution in [0.4, 0.5) is 0 Å². The fourth-order valence-electron chi connectivity index (χ4n) is 2.62. The third kappa shape index (κ3) is 1.14. The molecule has 0 saturated heterocycles. The molecule has 0 aromatic rings. The van der Waals surface area contributed by atoms with Gasteiger partial charge in [-0.3, -0.25) is 9.59 Å². The average Bonchev–Trinajstić information content (AvgIpc) is 2.74. The minimum absolute atomic E-state index is 0.0154. The van der Waals surface area contributed by atoms with Crippen molar-refractivity contribution in [1.29, 1.82) is 0 Å². The molecule has 2 rings (SSSR count). The van der Waals surface area contributed by atoms with Crippen molar-refractivity contribution in [2.75, 3.05) is 7.11 Å². The van der Waals surface area contributed by atoms with Crippen molar-refractivity contribution < 1.29 is 19.4 Å². The second kappa shape index (κ2) is 3.12. The molecule has 76 valence electrons. The number of fused-ring (bicyclic) bond motifs is 2. The number of aliphatic carboxylic acids is 1. The minimum atomic E-state index is -0.891. The Balaban J connectivity index is 2.26. The molecule has 4 heteroatoms. The zero-order chi connectivity index (χ0) is 10.3. The Morgan fingerprint density at radius 1 is 1.29 bits per heavy atom. The van der Waals surface area contributed by atoms with Gasteiger partial charge in [-0.05, 0) is 18.3 Å². The van der Waals surface area contributed by atoms with Crippen LogP contribution in [0.15, 0.2) is 12.2 Å². The van der Waals surface area contributed by atoms with Crippen molar-refractivity contribution in [2.45, 2.75) is 6.42 Å². The summed E-state index contributed by atoms with van der Waals surface area (Å²) in [7, 11) is 1.30. The van der Waals surface area contributed by atoms with Crippen LogP contribution in [0.2, 0.25) is 0 Å². The third-order valence-corrected chi connectivity index (χ3v) is 3.22. The molecule has 0 aliphatic heterocycles. The van der Waals surface area contributed by atoms with Crippen molar-refractivity contribution in [3.05, 3.63) is 12.2 Å². The summed E-state index contributed by atoms with van der Waals surface area (Å²) in [5, 5.41) is 9.01. The van der Waals surface area contributed by atoms with Crippen molar-refractivity contribution in [3.8, 4) is 0 Å². The fraction of sp³-hybridized carbons (Fsp3) is 0.600. The Kier molecular flexibility index (Phi) is 2.06. The van der Waals surface area contributed by atoms with Crippen LogP contribution in [0.3, 0.4) is 0 Å². The van der Waals surface area contributed by atoms with Crippen LogP contribution in [0.25, 0.3) is 0 Å². The molecule has 4 nitrogen and oxygen atoms in total. The number of rotatable bonds is 2. The second-order valence-corrected chi connectivity index (χ2v) is 3.86. The van der Waals surface area contributed by atoms with E-state index in [4.69, 9.17) is 5.11 Å². The highest BCUT2D eigenvalue weighted by atomic mass is 16.5. The van der Waals surface area contributed by atoms with Gasteiger partial charge in [-0.2, -0.15) is 0 Å². The standard InChI is InChI=1S/C10H12O4/c1-14-10(13)8-6-3-2-5(4-6)7(8)9(11)12/h2-3,5-8H,4H2,1H3,(H,11,12)/t5-,6+,7-,8-/m0/s1. The Labute approximate surface area is 81.6 Å². The summed E-state index contributed by atoms with van der Waals surface area (Å²) in [5.41, 5.74) is 0. The molecule has 2 aliphatic rings. The SMILES string of the molecule is COC(=O)[C@@H]1[C@@H](C(=O)O)[C@H]2C=C[C@@H]1C2. The number of carboxylic acids is 1. The first kappa shape index (κ1) is 9.24. The molecule has 1 N–H and O–H groups in total. The van der Waals surface area contributed by atoms with Crippen LogP contribution in [-0.4, -0.2) is 24.2 Å². The van der Waals surface area contributed by atoms with Gasteiger partial charge in [0.25, 0.3) is 0 Å². The highest BCUT2D eigenvalue weighted by Gasteiger charge is 2.52. The molecular formula is C10H12O4. The van der Waals surface area contributed by atoms with Crippen molar-refractivity contribution in [3.63, 3.8) is 0 Å². The number of carbonyl (C=O) groups excluding carboxylic acids is 1. The number of methoxy groups -OCH3 is 1. The number of ether oxygens (including phenoxy) is 1. The summed E-state index contributed by atoms with van der Waals surface area (Å²) in [6.45, 7) is 0. The van der Waals surface area contributed by atoms with E-state index < -0.39 is 23.8 Å². The number of esters is 1. The topological polar surface area (TPSA) is 63.6 Å². The number of carboxylic acid groups (broad SMARTS) is 1. The molecule has 0 aromatic heterocycles. The predicted molar refractivity (Wildman–Crippen MR) is 47.4 cm³/mol. The van der Waals surface area contributed by atoms with Crippen LogP contribution in [0.5, 0.6) is 0 Å². The lowest BCUT2D eigenvalue weighted by Gasteiger charge is -2.21. The summed E-state index contributed by atoms with van der Waals surface area (Å²) >= 11 is 0. The van der Waals surface area contributed by atoms with E-state index in [9.17, 15) is 9.59 Å². The predicted octanol–water partition coefficient (Wildman–Crippen LogP) is 0.682. The zero-order valence-corrected chi connectivity index (χ0v) is 7.84. The van der Waals surface area contributed by atoms with Crippen LogP contribution in [0, 0.1) is 23.7 Å². The first-order valence-corrected chi connectivity index (χ1v) is 4.64.